The third-order valence-corrected chi connectivity index (χ3v) is 5.42. The number of aryl methyl sites for hydroxylation is 1. The maximum atomic E-state index is 11.2. The van der Waals surface area contributed by atoms with Gasteiger partial charge in [0.15, 0.2) is 11.7 Å². The molecule has 2 atom stereocenters. The van der Waals surface area contributed by atoms with Crippen molar-refractivity contribution in [3.63, 3.8) is 0 Å². The first-order chi connectivity index (χ1) is 11.9. The minimum atomic E-state index is -1.25. The summed E-state index contributed by atoms with van der Waals surface area (Å²) in [4.78, 5) is 0. The highest BCUT2D eigenvalue weighted by Crippen LogP contribution is 2.55. The van der Waals surface area contributed by atoms with Gasteiger partial charge in [0, 0.05) is 23.3 Å². The number of hydrogen-bond acceptors (Lipinski definition) is 5. The van der Waals surface area contributed by atoms with Crippen molar-refractivity contribution in [2.75, 3.05) is 6.61 Å². The van der Waals surface area contributed by atoms with E-state index in [0.29, 0.717) is 17.1 Å². The van der Waals surface area contributed by atoms with E-state index in [9.17, 15) is 10.2 Å². The Labute approximate surface area is 145 Å². The molecule has 2 aromatic carbocycles. The van der Waals surface area contributed by atoms with Gasteiger partial charge in [-0.2, -0.15) is 0 Å². The van der Waals surface area contributed by atoms with E-state index in [0.717, 1.165) is 29.7 Å². The van der Waals surface area contributed by atoms with Crippen LogP contribution in [0.15, 0.2) is 30.3 Å². The molecule has 3 aliphatic heterocycles. The minimum absolute atomic E-state index is 0.102. The maximum absolute atomic E-state index is 11.2. The van der Waals surface area contributed by atoms with Crippen LogP contribution in [-0.4, -0.2) is 22.4 Å². The molecule has 25 heavy (non-hydrogen) atoms. The van der Waals surface area contributed by atoms with Crippen LogP contribution in [-0.2, 0) is 12.0 Å². The largest absolute Gasteiger partial charge is 0.508 e. The van der Waals surface area contributed by atoms with Crippen LogP contribution in [0.5, 0.6) is 23.0 Å². The highest BCUT2D eigenvalue weighted by molar-refractivity contribution is 5.56. The van der Waals surface area contributed by atoms with E-state index in [1.54, 1.807) is 12.1 Å². The predicted octanol–water partition coefficient (Wildman–Crippen LogP) is 3.21. The molecule has 0 spiro atoms. The van der Waals surface area contributed by atoms with E-state index < -0.39 is 11.7 Å². The molecular weight excluding hydrogens is 320 g/mol. The molecule has 0 amide bonds. The summed E-state index contributed by atoms with van der Waals surface area (Å²) in [5.41, 5.74) is 1.14. The molecule has 2 aromatic rings. The van der Waals surface area contributed by atoms with Crippen LogP contribution in [0.2, 0.25) is 0 Å². The number of hydrogen-bond donors (Lipinski definition) is 2. The van der Waals surface area contributed by atoms with E-state index in [1.165, 1.54) is 6.07 Å². The molecule has 0 aromatic heterocycles. The summed E-state index contributed by atoms with van der Waals surface area (Å²) in [7, 11) is 0. The zero-order valence-electron chi connectivity index (χ0n) is 14.2. The molecule has 0 saturated heterocycles. The van der Waals surface area contributed by atoms with E-state index >= 15 is 0 Å². The number of benzene rings is 2. The predicted molar refractivity (Wildman–Crippen MR) is 90.3 cm³/mol. The van der Waals surface area contributed by atoms with Crippen LogP contribution in [0.3, 0.4) is 0 Å². The molecule has 3 heterocycles. The quantitative estimate of drug-likeness (QED) is 0.771. The van der Waals surface area contributed by atoms with Gasteiger partial charge in [-0.05, 0) is 50.5 Å². The second-order valence-electron chi connectivity index (χ2n) is 7.75. The topological polar surface area (TPSA) is 68.2 Å². The van der Waals surface area contributed by atoms with Gasteiger partial charge in [-0.3, -0.25) is 0 Å². The van der Waals surface area contributed by atoms with Crippen LogP contribution in [0.1, 0.15) is 43.1 Å². The number of phenolic OH excluding ortho intramolecular Hbond substituents is 1. The summed E-state index contributed by atoms with van der Waals surface area (Å²) in [5.74, 6) is 2.14. The fraction of sp³-hybridized carbons (Fsp3) is 0.400. The van der Waals surface area contributed by atoms with Crippen LogP contribution in [0.4, 0.5) is 0 Å². The molecule has 5 rings (SSSR count). The Hall–Kier alpha value is -2.40. The third kappa shape index (κ3) is 2.05. The lowest BCUT2D eigenvalue weighted by Gasteiger charge is -2.37. The second kappa shape index (κ2) is 4.61. The lowest BCUT2D eigenvalue weighted by Crippen LogP contribution is -2.41. The third-order valence-electron chi connectivity index (χ3n) is 5.42. The number of ether oxygens (including phenoxy) is 3. The highest BCUT2D eigenvalue weighted by Gasteiger charge is 2.53. The minimum Gasteiger partial charge on any atom is -0.508 e. The van der Waals surface area contributed by atoms with Gasteiger partial charge >= 0.3 is 0 Å². The van der Waals surface area contributed by atoms with Gasteiger partial charge in [0.25, 0.3) is 0 Å². The number of aromatic hydroxyl groups is 1. The van der Waals surface area contributed by atoms with Gasteiger partial charge in [-0.25, -0.2) is 0 Å². The van der Waals surface area contributed by atoms with Gasteiger partial charge in [-0.15, -0.1) is 0 Å². The van der Waals surface area contributed by atoms with E-state index in [1.807, 2.05) is 12.1 Å². The summed E-state index contributed by atoms with van der Waals surface area (Å²) >= 11 is 0. The first-order valence-electron chi connectivity index (χ1n) is 8.57. The first kappa shape index (κ1) is 14.9. The van der Waals surface area contributed by atoms with Gasteiger partial charge in [-0.1, -0.05) is 0 Å². The molecule has 3 aliphatic rings. The number of phenols is 1. The summed E-state index contributed by atoms with van der Waals surface area (Å²) in [5, 5.41) is 20.9. The number of aliphatic hydroxyl groups is 1. The molecule has 2 N–H and O–H groups in total. The molecule has 0 fully saturated rings. The zero-order chi connectivity index (χ0) is 17.4. The van der Waals surface area contributed by atoms with Crippen molar-refractivity contribution >= 4 is 0 Å². The van der Waals surface area contributed by atoms with Crippen molar-refractivity contribution in [2.24, 2.45) is 0 Å². The van der Waals surface area contributed by atoms with E-state index in [-0.39, 0.29) is 18.0 Å². The summed E-state index contributed by atoms with van der Waals surface area (Å²) in [6, 6.07) is 8.73. The molecule has 130 valence electrons. The Bertz CT molecular complexity index is 888. The summed E-state index contributed by atoms with van der Waals surface area (Å²) in [6.07, 6.45) is 1.30. The Morgan fingerprint density at radius 1 is 1.08 bits per heavy atom. The lowest BCUT2D eigenvalue weighted by atomic mass is 9.83. The van der Waals surface area contributed by atoms with Crippen molar-refractivity contribution in [3.8, 4) is 23.0 Å². The van der Waals surface area contributed by atoms with Gasteiger partial charge in [0.1, 0.15) is 35.2 Å². The molecule has 5 nitrogen and oxygen atoms in total. The first-order valence-corrected chi connectivity index (χ1v) is 8.57. The Morgan fingerprint density at radius 2 is 1.92 bits per heavy atom. The van der Waals surface area contributed by atoms with Crippen LogP contribution in [0.25, 0.3) is 0 Å². The molecule has 5 heteroatoms. The van der Waals surface area contributed by atoms with Crippen LogP contribution in [0, 0.1) is 0 Å². The molecule has 0 aliphatic carbocycles. The molecule has 0 unspecified atom stereocenters. The smallest absolute Gasteiger partial charge is 0.168 e. The van der Waals surface area contributed by atoms with Crippen molar-refractivity contribution in [1.82, 2.24) is 0 Å². The Kier molecular flexibility index (Phi) is 2.75. The number of rotatable bonds is 0. The Morgan fingerprint density at radius 3 is 2.76 bits per heavy atom. The van der Waals surface area contributed by atoms with Crippen molar-refractivity contribution in [2.45, 2.75) is 44.0 Å². The fourth-order valence-electron chi connectivity index (χ4n) is 4.02. The van der Waals surface area contributed by atoms with Crippen molar-refractivity contribution < 1.29 is 24.4 Å². The van der Waals surface area contributed by atoms with Gasteiger partial charge in [0.05, 0.1) is 0 Å². The average molecular weight is 340 g/mol. The fourth-order valence-corrected chi connectivity index (χ4v) is 4.02. The van der Waals surface area contributed by atoms with E-state index in [2.05, 4.69) is 13.8 Å². The zero-order valence-corrected chi connectivity index (χ0v) is 14.2. The normalized spacial score (nSPS) is 27.7. The van der Waals surface area contributed by atoms with Crippen molar-refractivity contribution in [3.05, 3.63) is 47.0 Å². The molecule has 0 saturated carbocycles. The van der Waals surface area contributed by atoms with Crippen LogP contribution < -0.4 is 14.2 Å². The highest BCUT2D eigenvalue weighted by atomic mass is 16.5. The van der Waals surface area contributed by atoms with Crippen molar-refractivity contribution in [1.29, 1.82) is 0 Å². The summed E-state index contributed by atoms with van der Waals surface area (Å²) < 4.78 is 18.0. The maximum Gasteiger partial charge on any atom is 0.168 e. The standard InChI is InChI=1S/C20H20O5/c1-19(2)6-5-11-7-13-16(9-15(11)25-19)23-10-20(22)14-4-3-12(21)8-17(14)24-18(13)20/h3-4,7-9,18,21-22H,5-6,10H2,1-2H3/t18-,20+/m0/s1. The SMILES string of the molecule is CC1(C)CCc2cc3c(cc2O1)OC[C@@]1(O)c2ccc(O)cc2O[C@@H]31. The van der Waals surface area contributed by atoms with Gasteiger partial charge in [0.2, 0.25) is 0 Å². The monoisotopic (exact) mass is 340 g/mol. The number of fused-ring (bicyclic) bond motifs is 6. The lowest BCUT2D eigenvalue weighted by molar-refractivity contribution is -0.0866. The second-order valence-corrected chi connectivity index (χ2v) is 7.75. The van der Waals surface area contributed by atoms with Gasteiger partial charge < -0.3 is 24.4 Å². The molecular formula is C20H20O5. The average Bonchev–Trinajstić information content (AvgIpc) is 2.85. The Balaban J connectivity index is 1.61. The summed E-state index contributed by atoms with van der Waals surface area (Å²) in [6.45, 7) is 4.26. The van der Waals surface area contributed by atoms with E-state index in [4.69, 9.17) is 14.2 Å². The molecule has 0 radical (unpaired) electrons. The van der Waals surface area contributed by atoms with Crippen LogP contribution >= 0.6 is 0 Å². The molecule has 0 bridgehead atoms.